The van der Waals surface area contributed by atoms with Gasteiger partial charge in [-0.15, -0.1) is 11.3 Å². The van der Waals surface area contributed by atoms with Gasteiger partial charge in [-0.05, 0) is 40.0 Å². The Morgan fingerprint density at radius 3 is 2.80 bits per heavy atom. The number of hydrogen-bond donors (Lipinski definition) is 1. The standard InChI is InChI=1S/C14H23N3O2S/c1-10(13-15-12(9-20-13)14(18)19)8-17(3)11-4-6-16(2)7-5-11/h9-11H,4-8H2,1-3H3,(H,18,19). The fraction of sp³-hybridized carbons (Fsp3) is 0.714. The molecule has 0 amide bonds. The van der Waals surface area contributed by atoms with Crippen LogP contribution in [0.2, 0.25) is 0 Å². The number of likely N-dealkylation sites (N-methyl/N-ethyl adjacent to an activating group) is 1. The average Bonchev–Trinajstić information content (AvgIpc) is 2.89. The maximum atomic E-state index is 10.9. The van der Waals surface area contributed by atoms with E-state index in [1.807, 2.05) is 0 Å². The molecule has 1 atom stereocenters. The van der Waals surface area contributed by atoms with Gasteiger partial charge in [-0.2, -0.15) is 0 Å². The lowest BCUT2D eigenvalue weighted by molar-refractivity contribution is 0.0691. The van der Waals surface area contributed by atoms with Crippen LogP contribution in [0.25, 0.3) is 0 Å². The van der Waals surface area contributed by atoms with Crippen LogP contribution >= 0.6 is 11.3 Å². The predicted molar refractivity (Wildman–Crippen MR) is 80.6 cm³/mol. The fourth-order valence-electron chi connectivity index (χ4n) is 2.71. The zero-order valence-electron chi connectivity index (χ0n) is 12.4. The number of hydrogen-bond acceptors (Lipinski definition) is 5. The van der Waals surface area contributed by atoms with Crippen LogP contribution in [-0.4, -0.2) is 65.6 Å². The number of thiazole rings is 1. The Morgan fingerprint density at radius 2 is 2.25 bits per heavy atom. The van der Waals surface area contributed by atoms with Crippen molar-refractivity contribution in [3.63, 3.8) is 0 Å². The van der Waals surface area contributed by atoms with Crippen molar-refractivity contribution >= 4 is 17.3 Å². The topological polar surface area (TPSA) is 56.7 Å². The van der Waals surface area contributed by atoms with E-state index in [9.17, 15) is 4.79 Å². The zero-order valence-corrected chi connectivity index (χ0v) is 13.2. The number of rotatable bonds is 5. The van der Waals surface area contributed by atoms with E-state index >= 15 is 0 Å². The van der Waals surface area contributed by atoms with E-state index in [1.54, 1.807) is 5.38 Å². The molecule has 0 aromatic carbocycles. The van der Waals surface area contributed by atoms with Crippen LogP contribution in [0.3, 0.4) is 0 Å². The molecule has 0 aliphatic carbocycles. The third kappa shape index (κ3) is 3.77. The average molecular weight is 297 g/mol. The molecule has 1 aromatic heterocycles. The lowest BCUT2D eigenvalue weighted by Crippen LogP contribution is -2.43. The molecule has 1 fully saturated rings. The number of piperidine rings is 1. The number of aromatic nitrogens is 1. The molecule has 1 aromatic rings. The Morgan fingerprint density at radius 1 is 1.60 bits per heavy atom. The van der Waals surface area contributed by atoms with Crippen LogP contribution in [0.1, 0.15) is 41.2 Å². The summed E-state index contributed by atoms with van der Waals surface area (Å²) in [5.41, 5.74) is 0.166. The summed E-state index contributed by atoms with van der Waals surface area (Å²) >= 11 is 1.45. The third-order valence-electron chi connectivity index (χ3n) is 4.04. The highest BCUT2D eigenvalue weighted by Crippen LogP contribution is 2.23. The lowest BCUT2D eigenvalue weighted by Gasteiger charge is -2.36. The minimum absolute atomic E-state index is 0.166. The van der Waals surface area contributed by atoms with Gasteiger partial charge in [0.15, 0.2) is 5.69 Å². The lowest BCUT2D eigenvalue weighted by atomic mass is 10.0. The molecule has 0 bridgehead atoms. The van der Waals surface area contributed by atoms with Crippen molar-refractivity contribution in [2.45, 2.75) is 31.7 Å². The number of carbonyl (C=O) groups is 1. The molecule has 112 valence electrons. The number of carboxylic acid groups (broad SMARTS) is 1. The first-order chi connectivity index (χ1) is 9.47. The zero-order chi connectivity index (χ0) is 14.7. The summed E-state index contributed by atoms with van der Waals surface area (Å²) in [7, 11) is 4.33. The molecule has 1 N–H and O–H groups in total. The molecule has 6 heteroatoms. The molecule has 1 unspecified atom stereocenters. The molecule has 0 spiro atoms. The van der Waals surface area contributed by atoms with Crippen molar-refractivity contribution in [3.05, 3.63) is 16.1 Å². The first kappa shape index (κ1) is 15.4. The van der Waals surface area contributed by atoms with E-state index in [0.29, 0.717) is 6.04 Å². The summed E-state index contributed by atoms with van der Waals surface area (Å²) < 4.78 is 0. The van der Waals surface area contributed by atoms with Crippen molar-refractivity contribution < 1.29 is 9.90 Å². The molecule has 2 heterocycles. The molecule has 20 heavy (non-hydrogen) atoms. The second-order valence-corrected chi connectivity index (χ2v) is 6.64. The smallest absolute Gasteiger partial charge is 0.355 e. The van der Waals surface area contributed by atoms with Gasteiger partial charge in [-0.3, -0.25) is 0 Å². The van der Waals surface area contributed by atoms with Gasteiger partial charge in [-0.1, -0.05) is 6.92 Å². The highest BCUT2D eigenvalue weighted by atomic mass is 32.1. The SMILES string of the molecule is CC(CN(C)C1CCN(C)CC1)c1nc(C(=O)O)cs1. The van der Waals surface area contributed by atoms with Crippen LogP contribution in [0, 0.1) is 0 Å². The van der Waals surface area contributed by atoms with Gasteiger partial charge in [0.1, 0.15) is 0 Å². The number of nitrogens with zero attached hydrogens (tertiary/aromatic N) is 3. The normalized spacial score (nSPS) is 19.4. The van der Waals surface area contributed by atoms with Gasteiger partial charge < -0.3 is 14.9 Å². The second-order valence-electron chi connectivity index (χ2n) is 5.75. The van der Waals surface area contributed by atoms with E-state index in [4.69, 9.17) is 5.11 Å². The van der Waals surface area contributed by atoms with E-state index in [0.717, 1.165) is 24.6 Å². The van der Waals surface area contributed by atoms with Crippen LogP contribution in [0.15, 0.2) is 5.38 Å². The highest BCUT2D eigenvalue weighted by molar-refractivity contribution is 7.09. The molecule has 1 aliphatic rings. The van der Waals surface area contributed by atoms with E-state index in [1.165, 1.54) is 24.2 Å². The molecule has 1 aliphatic heterocycles. The second kappa shape index (κ2) is 6.65. The minimum Gasteiger partial charge on any atom is -0.476 e. The van der Waals surface area contributed by atoms with Gasteiger partial charge in [0, 0.05) is 23.9 Å². The Bertz CT molecular complexity index is 455. The summed E-state index contributed by atoms with van der Waals surface area (Å²) in [4.78, 5) is 19.8. The highest BCUT2D eigenvalue weighted by Gasteiger charge is 2.23. The van der Waals surface area contributed by atoms with E-state index in [2.05, 4.69) is 35.8 Å². The molecular weight excluding hydrogens is 274 g/mol. The van der Waals surface area contributed by atoms with E-state index < -0.39 is 5.97 Å². The van der Waals surface area contributed by atoms with Crippen LogP contribution < -0.4 is 0 Å². The summed E-state index contributed by atoms with van der Waals surface area (Å²) in [6.07, 6.45) is 2.41. The Hall–Kier alpha value is -0.980. The van der Waals surface area contributed by atoms with Gasteiger partial charge in [0.2, 0.25) is 0 Å². The quantitative estimate of drug-likeness (QED) is 0.900. The van der Waals surface area contributed by atoms with Crippen molar-refractivity contribution in [1.29, 1.82) is 0 Å². The number of aromatic carboxylic acids is 1. The van der Waals surface area contributed by atoms with Crippen LogP contribution in [0.5, 0.6) is 0 Å². The van der Waals surface area contributed by atoms with Crippen molar-refractivity contribution in [2.24, 2.45) is 0 Å². The Kier molecular flexibility index (Phi) is 5.12. The third-order valence-corrected chi connectivity index (χ3v) is 5.11. The molecule has 0 saturated carbocycles. The summed E-state index contributed by atoms with van der Waals surface area (Å²) in [6, 6.07) is 0.632. The molecule has 2 rings (SSSR count). The van der Waals surface area contributed by atoms with Crippen LogP contribution in [-0.2, 0) is 0 Å². The maximum absolute atomic E-state index is 10.9. The largest absolute Gasteiger partial charge is 0.476 e. The van der Waals surface area contributed by atoms with Gasteiger partial charge in [-0.25, -0.2) is 9.78 Å². The molecular formula is C14H23N3O2S. The molecule has 5 nitrogen and oxygen atoms in total. The van der Waals surface area contributed by atoms with Gasteiger partial charge in [0.05, 0.1) is 5.01 Å². The molecule has 0 radical (unpaired) electrons. The minimum atomic E-state index is -0.941. The van der Waals surface area contributed by atoms with Crippen molar-refractivity contribution in [2.75, 3.05) is 33.7 Å². The van der Waals surface area contributed by atoms with Crippen LogP contribution in [0.4, 0.5) is 0 Å². The summed E-state index contributed by atoms with van der Waals surface area (Å²) in [5.74, 6) is -0.666. The number of carboxylic acids is 1. The first-order valence-electron chi connectivity index (χ1n) is 7.05. The Labute approximate surface area is 124 Å². The monoisotopic (exact) mass is 297 g/mol. The summed E-state index contributed by atoms with van der Waals surface area (Å²) in [6.45, 7) is 5.37. The predicted octanol–water partition coefficient (Wildman–Crippen LogP) is 1.97. The van der Waals surface area contributed by atoms with Crippen molar-refractivity contribution in [1.82, 2.24) is 14.8 Å². The Balaban J connectivity index is 1.89. The van der Waals surface area contributed by atoms with Gasteiger partial charge >= 0.3 is 5.97 Å². The summed E-state index contributed by atoms with van der Waals surface area (Å²) in [5, 5.41) is 11.5. The molecule has 1 saturated heterocycles. The first-order valence-corrected chi connectivity index (χ1v) is 7.93. The van der Waals surface area contributed by atoms with Crippen molar-refractivity contribution in [3.8, 4) is 0 Å². The van der Waals surface area contributed by atoms with E-state index in [-0.39, 0.29) is 11.6 Å². The maximum Gasteiger partial charge on any atom is 0.355 e. The van der Waals surface area contributed by atoms with Gasteiger partial charge in [0.25, 0.3) is 0 Å². The number of likely N-dealkylation sites (tertiary alicyclic amines) is 1. The fourth-order valence-corrected chi connectivity index (χ4v) is 3.55.